The lowest BCUT2D eigenvalue weighted by Crippen LogP contribution is -2.23. The van der Waals surface area contributed by atoms with Gasteiger partial charge >= 0.3 is 5.97 Å². The van der Waals surface area contributed by atoms with Gasteiger partial charge in [-0.2, -0.15) is 0 Å². The van der Waals surface area contributed by atoms with Crippen molar-refractivity contribution in [3.8, 4) is 11.5 Å². The number of rotatable bonds is 4. The van der Waals surface area contributed by atoms with Crippen LogP contribution in [0.3, 0.4) is 0 Å². The first kappa shape index (κ1) is 12.3. The summed E-state index contributed by atoms with van der Waals surface area (Å²) in [4.78, 5) is 11.1. The summed E-state index contributed by atoms with van der Waals surface area (Å²) in [6.45, 7) is 1.14. The molecule has 1 heterocycles. The Bertz CT molecular complexity index is 479. The van der Waals surface area contributed by atoms with Crippen LogP contribution in [0.5, 0.6) is 11.5 Å². The Morgan fingerprint density at radius 2 is 2.00 bits per heavy atom. The Morgan fingerprint density at radius 1 is 1.26 bits per heavy atom. The highest BCUT2D eigenvalue weighted by Gasteiger charge is 2.31. The predicted octanol–water partition coefficient (Wildman–Crippen LogP) is 2.82. The van der Waals surface area contributed by atoms with E-state index in [0.717, 1.165) is 29.9 Å². The van der Waals surface area contributed by atoms with Crippen molar-refractivity contribution in [2.24, 2.45) is 5.92 Å². The van der Waals surface area contributed by atoms with Crippen LogP contribution in [-0.2, 0) is 4.79 Å². The van der Waals surface area contributed by atoms with E-state index in [1.54, 1.807) is 0 Å². The van der Waals surface area contributed by atoms with Crippen LogP contribution in [0.4, 0.5) is 0 Å². The van der Waals surface area contributed by atoms with Gasteiger partial charge < -0.3 is 14.6 Å². The lowest BCUT2D eigenvalue weighted by molar-refractivity contribution is -0.138. The molecule has 1 fully saturated rings. The molecule has 19 heavy (non-hydrogen) atoms. The highest BCUT2D eigenvalue weighted by Crippen LogP contribution is 2.43. The van der Waals surface area contributed by atoms with E-state index in [9.17, 15) is 4.79 Å². The first-order chi connectivity index (χ1) is 9.24. The number of hydrogen-bond donors (Lipinski definition) is 1. The van der Waals surface area contributed by atoms with Crippen molar-refractivity contribution in [1.29, 1.82) is 0 Å². The van der Waals surface area contributed by atoms with Crippen molar-refractivity contribution in [1.82, 2.24) is 0 Å². The second kappa shape index (κ2) is 5.11. The van der Waals surface area contributed by atoms with Gasteiger partial charge in [0, 0.05) is 0 Å². The minimum absolute atomic E-state index is 0.0991. The van der Waals surface area contributed by atoms with Crippen LogP contribution in [0.15, 0.2) is 18.2 Å². The van der Waals surface area contributed by atoms with Crippen LogP contribution in [0, 0.1) is 5.92 Å². The molecule has 0 bridgehead atoms. The summed E-state index contributed by atoms with van der Waals surface area (Å²) >= 11 is 0. The number of fused-ring (bicyclic) bond motifs is 1. The third kappa shape index (κ3) is 2.53. The van der Waals surface area contributed by atoms with E-state index >= 15 is 0 Å². The van der Waals surface area contributed by atoms with E-state index in [0.29, 0.717) is 19.1 Å². The van der Waals surface area contributed by atoms with Crippen LogP contribution in [0.1, 0.15) is 37.2 Å². The third-order valence-electron chi connectivity index (χ3n) is 4.11. The molecule has 1 atom stereocenters. The molecule has 1 aromatic carbocycles. The maximum absolute atomic E-state index is 11.1. The fourth-order valence-electron chi connectivity index (χ4n) is 2.88. The highest BCUT2D eigenvalue weighted by molar-refractivity contribution is 5.68. The maximum atomic E-state index is 11.1. The van der Waals surface area contributed by atoms with Crippen LogP contribution >= 0.6 is 0 Å². The van der Waals surface area contributed by atoms with Crippen LogP contribution < -0.4 is 9.47 Å². The largest absolute Gasteiger partial charge is 0.486 e. The standard InChI is InChI=1S/C15H18O4/c16-15(17)9-12(10-2-1-3-10)11-4-5-13-14(8-11)19-7-6-18-13/h4-5,8,10,12H,1-3,6-7,9H2,(H,16,17). The van der Waals surface area contributed by atoms with Crippen LogP contribution in [0.2, 0.25) is 0 Å². The zero-order valence-electron chi connectivity index (χ0n) is 10.8. The van der Waals surface area contributed by atoms with Gasteiger partial charge in [0.05, 0.1) is 6.42 Å². The van der Waals surface area contributed by atoms with E-state index < -0.39 is 5.97 Å². The van der Waals surface area contributed by atoms with Crippen molar-refractivity contribution in [2.75, 3.05) is 13.2 Å². The van der Waals surface area contributed by atoms with Gasteiger partial charge in [-0.1, -0.05) is 12.5 Å². The van der Waals surface area contributed by atoms with E-state index in [1.807, 2.05) is 18.2 Å². The number of carboxylic acids is 1. The van der Waals surface area contributed by atoms with Gasteiger partial charge in [-0.3, -0.25) is 4.79 Å². The molecule has 1 aliphatic carbocycles. The third-order valence-corrected chi connectivity index (χ3v) is 4.11. The molecule has 1 N–H and O–H groups in total. The summed E-state index contributed by atoms with van der Waals surface area (Å²) in [5.41, 5.74) is 1.07. The van der Waals surface area contributed by atoms with Crippen LogP contribution in [0.25, 0.3) is 0 Å². The summed E-state index contributed by atoms with van der Waals surface area (Å²) in [5, 5.41) is 9.10. The number of aliphatic carboxylic acids is 1. The summed E-state index contributed by atoms with van der Waals surface area (Å²) in [5.74, 6) is 1.38. The van der Waals surface area contributed by atoms with Gasteiger partial charge in [-0.25, -0.2) is 0 Å². The lowest BCUT2D eigenvalue weighted by atomic mass is 9.71. The SMILES string of the molecule is O=C(O)CC(c1ccc2c(c1)OCCO2)C1CCC1. The fourth-order valence-corrected chi connectivity index (χ4v) is 2.88. The van der Waals surface area contributed by atoms with Crippen LogP contribution in [-0.4, -0.2) is 24.3 Å². The number of carbonyl (C=O) groups is 1. The van der Waals surface area contributed by atoms with E-state index in [4.69, 9.17) is 14.6 Å². The molecule has 0 aromatic heterocycles. The Hall–Kier alpha value is -1.71. The monoisotopic (exact) mass is 262 g/mol. The average molecular weight is 262 g/mol. The van der Waals surface area contributed by atoms with Crippen molar-refractivity contribution >= 4 is 5.97 Å². The second-order valence-corrected chi connectivity index (χ2v) is 5.30. The zero-order chi connectivity index (χ0) is 13.2. The highest BCUT2D eigenvalue weighted by atomic mass is 16.6. The number of benzene rings is 1. The number of hydrogen-bond acceptors (Lipinski definition) is 3. The average Bonchev–Trinajstić information content (AvgIpc) is 2.35. The fraction of sp³-hybridized carbons (Fsp3) is 0.533. The van der Waals surface area contributed by atoms with E-state index in [2.05, 4.69) is 0 Å². The summed E-state index contributed by atoms with van der Waals surface area (Å²) in [7, 11) is 0. The Morgan fingerprint density at radius 3 is 2.63 bits per heavy atom. The molecule has 0 saturated heterocycles. The molecule has 3 rings (SSSR count). The summed E-state index contributed by atoms with van der Waals surface area (Å²) in [6.07, 6.45) is 3.68. The molecular weight excluding hydrogens is 244 g/mol. The molecule has 102 valence electrons. The quantitative estimate of drug-likeness (QED) is 0.906. The number of ether oxygens (including phenoxy) is 2. The maximum Gasteiger partial charge on any atom is 0.303 e. The van der Waals surface area contributed by atoms with Crippen molar-refractivity contribution in [3.63, 3.8) is 0 Å². The normalized spacial score (nSPS) is 19.6. The first-order valence-corrected chi connectivity index (χ1v) is 6.85. The summed E-state index contributed by atoms with van der Waals surface area (Å²) in [6, 6.07) is 5.84. The Labute approximate surface area is 112 Å². The molecule has 1 unspecified atom stereocenters. The summed E-state index contributed by atoms with van der Waals surface area (Å²) < 4.78 is 11.1. The molecule has 0 radical (unpaired) electrons. The van der Waals surface area contributed by atoms with Crippen molar-refractivity contribution in [3.05, 3.63) is 23.8 Å². The second-order valence-electron chi connectivity index (χ2n) is 5.30. The molecular formula is C15H18O4. The van der Waals surface area contributed by atoms with Gasteiger partial charge in [0.15, 0.2) is 11.5 Å². The molecule has 0 spiro atoms. The molecule has 4 nitrogen and oxygen atoms in total. The lowest BCUT2D eigenvalue weighted by Gasteiger charge is -2.33. The molecule has 1 aliphatic heterocycles. The molecule has 0 amide bonds. The number of carboxylic acid groups (broad SMARTS) is 1. The first-order valence-electron chi connectivity index (χ1n) is 6.85. The Balaban J connectivity index is 1.86. The van der Waals surface area contributed by atoms with Gasteiger partial charge in [0.2, 0.25) is 0 Å². The van der Waals surface area contributed by atoms with Crippen molar-refractivity contribution < 1.29 is 19.4 Å². The van der Waals surface area contributed by atoms with Crippen molar-refractivity contribution in [2.45, 2.75) is 31.6 Å². The van der Waals surface area contributed by atoms with Gasteiger partial charge in [0.25, 0.3) is 0 Å². The topological polar surface area (TPSA) is 55.8 Å². The molecule has 1 saturated carbocycles. The minimum atomic E-state index is -0.730. The zero-order valence-corrected chi connectivity index (χ0v) is 10.8. The van der Waals surface area contributed by atoms with Gasteiger partial charge in [-0.05, 0) is 42.4 Å². The smallest absolute Gasteiger partial charge is 0.303 e. The molecule has 2 aliphatic rings. The predicted molar refractivity (Wildman–Crippen MR) is 69.8 cm³/mol. The van der Waals surface area contributed by atoms with Gasteiger partial charge in [-0.15, -0.1) is 0 Å². The van der Waals surface area contributed by atoms with E-state index in [-0.39, 0.29) is 12.3 Å². The molecule has 4 heteroatoms. The van der Waals surface area contributed by atoms with E-state index in [1.165, 1.54) is 6.42 Å². The molecule has 1 aromatic rings. The minimum Gasteiger partial charge on any atom is -0.486 e. The Kier molecular flexibility index (Phi) is 3.32. The van der Waals surface area contributed by atoms with Gasteiger partial charge in [0.1, 0.15) is 13.2 Å².